The Morgan fingerprint density at radius 2 is 1.96 bits per heavy atom. The van der Waals surface area contributed by atoms with Gasteiger partial charge >= 0.3 is 0 Å². The first kappa shape index (κ1) is 20.5. The van der Waals surface area contributed by atoms with Crippen molar-refractivity contribution >= 4 is 21.8 Å². The molecule has 0 aliphatic carbocycles. The van der Waals surface area contributed by atoms with Gasteiger partial charge in [0, 0.05) is 25.2 Å². The molecule has 2 aromatic rings. The summed E-state index contributed by atoms with van der Waals surface area (Å²) in [4.78, 5) is 11.4. The molecule has 3 rings (SSSR count). The van der Waals surface area contributed by atoms with E-state index in [9.17, 15) is 13.5 Å². The van der Waals surface area contributed by atoms with Crippen molar-refractivity contribution in [3.63, 3.8) is 0 Å². The fourth-order valence-corrected chi connectivity index (χ4v) is 3.71. The Hall–Kier alpha value is -2.23. The highest BCUT2D eigenvalue weighted by atomic mass is 32.2. The maximum Gasteiger partial charge on any atom is 0.238 e. The molecule has 0 bridgehead atoms. The number of nitrogens with one attached hydrogen (secondary N) is 1. The molecule has 152 valence electrons. The number of anilines is 2. The van der Waals surface area contributed by atoms with Gasteiger partial charge in [-0.25, -0.2) is 18.5 Å². The van der Waals surface area contributed by atoms with E-state index in [1.807, 2.05) is 19.1 Å². The van der Waals surface area contributed by atoms with Crippen LogP contribution in [-0.2, 0) is 23.0 Å². The summed E-state index contributed by atoms with van der Waals surface area (Å²) in [7, 11) is -3.74. The SMILES string of the molecule is CC(C)c1cc(N2CCc3ccc(S(N)(=O)=O)cc3C2)nc(N[C@H](C)CO)n1. The molecular formula is C19H27N5O3S. The number of nitrogens with two attached hydrogens (primary N) is 1. The van der Waals surface area contributed by atoms with Crippen molar-refractivity contribution in [3.05, 3.63) is 41.1 Å². The highest BCUT2D eigenvalue weighted by Crippen LogP contribution is 2.27. The van der Waals surface area contributed by atoms with Crippen molar-refractivity contribution in [3.8, 4) is 0 Å². The van der Waals surface area contributed by atoms with E-state index in [0.29, 0.717) is 12.5 Å². The van der Waals surface area contributed by atoms with Crippen molar-refractivity contribution in [2.75, 3.05) is 23.4 Å². The zero-order valence-corrected chi connectivity index (χ0v) is 17.2. The first-order valence-electron chi connectivity index (χ1n) is 9.33. The van der Waals surface area contributed by atoms with Gasteiger partial charge in [-0.15, -0.1) is 0 Å². The lowest BCUT2D eigenvalue weighted by Crippen LogP contribution is -2.32. The van der Waals surface area contributed by atoms with E-state index in [2.05, 4.69) is 34.0 Å². The molecular weight excluding hydrogens is 378 g/mol. The Balaban J connectivity index is 1.94. The van der Waals surface area contributed by atoms with Crippen LogP contribution in [0.1, 0.15) is 43.5 Å². The average molecular weight is 406 g/mol. The van der Waals surface area contributed by atoms with Crippen LogP contribution in [-0.4, -0.2) is 42.7 Å². The quantitative estimate of drug-likeness (QED) is 0.667. The predicted molar refractivity (Wildman–Crippen MR) is 109 cm³/mol. The second-order valence-electron chi connectivity index (χ2n) is 7.50. The zero-order chi connectivity index (χ0) is 20.5. The number of hydrogen-bond acceptors (Lipinski definition) is 7. The molecule has 1 aromatic carbocycles. The van der Waals surface area contributed by atoms with Crippen molar-refractivity contribution in [1.29, 1.82) is 0 Å². The number of aromatic nitrogens is 2. The van der Waals surface area contributed by atoms with Crippen molar-refractivity contribution in [1.82, 2.24) is 9.97 Å². The molecule has 0 saturated heterocycles. The lowest BCUT2D eigenvalue weighted by molar-refractivity contribution is 0.281. The Morgan fingerprint density at radius 1 is 1.21 bits per heavy atom. The molecule has 1 atom stereocenters. The highest BCUT2D eigenvalue weighted by Gasteiger charge is 2.21. The van der Waals surface area contributed by atoms with Crippen molar-refractivity contribution in [2.24, 2.45) is 5.14 Å². The van der Waals surface area contributed by atoms with Gasteiger partial charge in [-0.3, -0.25) is 0 Å². The standard InChI is InChI=1S/C19H27N5O3S/c1-12(2)17-9-18(23-19(22-17)21-13(3)11-25)24-7-6-14-4-5-16(28(20,26)27)8-15(14)10-24/h4-5,8-9,12-13,25H,6-7,10-11H2,1-3H3,(H2,20,26,27)(H,21,22,23)/t13-/m1/s1. The van der Waals surface area contributed by atoms with Crippen LogP contribution in [0.25, 0.3) is 0 Å². The molecule has 4 N–H and O–H groups in total. The topological polar surface area (TPSA) is 121 Å². The summed E-state index contributed by atoms with van der Waals surface area (Å²) in [6.45, 7) is 7.28. The third-order valence-electron chi connectivity index (χ3n) is 4.82. The molecule has 1 aliphatic heterocycles. The van der Waals surface area contributed by atoms with Gasteiger partial charge in [0.15, 0.2) is 0 Å². The first-order chi connectivity index (χ1) is 13.2. The Kier molecular flexibility index (Phi) is 5.87. The molecule has 0 spiro atoms. The van der Waals surface area contributed by atoms with Gasteiger partial charge in [0.25, 0.3) is 0 Å². The minimum atomic E-state index is -3.74. The number of aliphatic hydroxyl groups is 1. The van der Waals surface area contributed by atoms with Gasteiger partial charge in [0.1, 0.15) is 5.82 Å². The van der Waals surface area contributed by atoms with E-state index >= 15 is 0 Å². The summed E-state index contributed by atoms with van der Waals surface area (Å²) in [5.74, 6) is 1.47. The number of hydrogen-bond donors (Lipinski definition) is 3. The van der Waals surface area contributed by atoms with Gasteiger partial charge in [0.2, 0.25) is 16.0 Å². The lowest BCUT2D eigenvalue weighted by atomic mass is 10.00. The van der Waals surface area contributed by atoms with Crippen LogP contribution in [0.4, 0.5) is 11.8 Å². The zero-order valence-electron chi connectivity index (χ0n) is 16.4. The minimum Gasteiger partial charge on any atom is -0.394 e. The van der Waals surface area contributed by atoms with E-state index < -0.39 is 10.0 Å². The number of primary sulfonamides is 1. The number of sulfonamides is 1. The van der Waals surface area contributed by atoms with Crippen LogP contribution in [0, 0.1) is 0 Å². The number of fused-ring (bicyclic) bond motifs is 1. The van der Waals surface area contributed by atoms with Gasteiger partial charge in [0.05, 0.1) is 17.2 Å². The summed E-state index contributed by atoms with van der Waals surface area (Å²) in [6, 6.07) is 6.85. The Bertz CT molecular complexity index is 962. The maximum absolute atomic E-state index is 11.7. The third kappa shape index (κ3) is 4.60. The molecule has 1 aromatic heterocycles. The van der Waals surface area contributed by atoms with Gasteiger partial charge in [-0.2, -0.15) is 4.98 Å². The largest absolute Gasteiger partial charge is 0.394 e. The lowest BCUT2D eigenvalue weighted by Gasteiger charge is -2.31. The molecule has 9 heteroatoms. The normalized spacial score (nSPS) is 15.4. The maximum atomic E-state index is 11.7. The molecule has 1 aliphatic rings. The third-order valence-corrected chi connectivity index (χ3v) is 5.73. The fourth-order valence-electron chi connectivity index (χ4n) is 3.15. The minimum absolute atomic E-state index is 0.0158. The van der Waals surface area contributed by atoms with Crippen molar-refractivity contribution < 1.29 is 13.5 Å². The summed E-state index contributed by atoms with van der Waals surface area (Å²) in [6.07, 6.45) is 0.789. The van der Waals surface area contributed by atoms with E-state index in [0.717, 1.165) is 35.6 Å². The van der Waals surface area contributed by atoms with Gasteiger partial charge < -0.3 is 15.3 Å². The second-order valence-corrected chi connectivity index (χ2v) is 9.07. The summed E-state index contributed by atoms with van der Waals surface area (Å²) < 4.78 is 23.4. The number of rotatable bonds is 6. The first-order valence-corrected chi connectivity index (χ1v) is 10.9. The number of aliphatic hydroxyl groups excluding tert-OH is 1. The Morgan fingerprint density at radius 3 is 2.61 bits per heavy atom. The molecule has 0 saturated carbocycles. The van der Waals surface area contributed by atoms with Gasteiger partial charge in [-0.1, -0.05) is 19.9 Å². The second kappa shape index (κ2) is 8.02. The molecule has 8 nitrogen and oxygen atoms in total. The van der Waals surface area contributed by atoms with Crippen LogP contribution in [0.5, 0.6) is 0 Å². The summed E-state index contributed by atoms with van der Waals surface area (Å²) in [5, 5.41) is 17.7. The van der Waals surface area contributed by atoms with Crippen LogP contribution in [0.15, 0.2) is 29.2 Å². The fraction of sp³-hybridized carbons (Fsp3) is 0.474. The van der Waals surface area contributed by atoms with E-state index in [1.54, 1.807) is 12.1 Å². The van der Waals surface area contributed by atoms with Crippen LogP contribution < -0.4 is 15.4 Å². The number of nitrogens with zero attached hydrogens (tertiary/aromatic N) is 3. The van der Waals surface area contributed by atoms with E-state index in [1.165, 1.54) is 0 Å². The van der Waals surface area contributed by atoms with Crippen LogP contribution in [0.3, 0.4) is 0 Å². The molecule has 28 heavy (non-hydrogen) atoms. The predicted octanol–water partition coefficient (Wildman–Crippen LogP) is 1.60. The average Bonchev–Trinajstić information content (AvgIpc) is 2.66. The molecule has 0 radical (unpaired) electrons. The molecule has 0 fully saturated rings. The highest BCUT2D eigenvalue weighted by molar-refractivity contribution is 7.89. The monoisotopic (exact) mass is 405 g/mol. The van der Waals surface area contributed by atoms with Crippen molar-refractivity contribution in [2.45, 2.75) is 50.6 Å². The molecule has 2 heterocycles. The number of benzene rings is 1. The smallest absolute Gasteiger partial charge is 0.238 e. The van der Waals surface area contributed by atoms with Crippen LogP contribution >= 0.6 is 0 Å². The summed E-state index contributed by atoms with van der Waals surface area (Å²) >= 11 is 0. The van der Waals surface area contributed by atoms with Crippen LogP contribution in [0.2, 0.25) is 0 Å². The van der Waals surface area contributed by atoms with E-state index in [-0.39, 0.29) is 23.5 Å². The molecule has 0 amide bonds. The Labute approximate surface area is 165 Å². The summed E-state index contributed by atoms with van der Waals surface area (Å²) in [5.41, 5.74) is 2.96. The molecule has 0 unspecified atom stereocenters. The van der Waals surface area contributed by atoms with E-state index in [4.69, 9.17) is 5.14 Å². The van der Waals surface area contributed by atoms with Gasteiger partial charge in [-0.05, 0) is 42.5 Å².